The van der Waals surface area contributed by atoms with Crippen LogP contribution in [0, 0.1) is 23.2 Å². The van der Waals surface area contributed by atoms with Gasteiger partial charge < -0.3 is 25.1 Å². The number of amides is 3. The SMILES string of the molecule is CCN1CCN(C(=O)N2CCC[C@H](NC(=O)[C@@]34CC5CC(C3)C(O)[C@H](C5)C4)C2)CC1. The molecule has 2 heterocycles. The average molecular weight is 419 g/mol. The highest BCUT2D eigenvalue weighted by Gasteiger charge is 2.58. The Labute approximate surface area is 180 Å². The number of nitrogens with one attached hydrogen (secondary N) is 1. The number of carbonyl (C=O) groups excluding carboxylic acids is 2. The molecule has 2 N–H and O–H groups in total. The standard InChI is InChI=1S/C23H38N4O3/c1-2-25-6-8-26(9-7-25)22(30)27-5-3-4-19(15-27)24-21(29)23-12-16-10-17(13-23)20(28)18(11-16)14-23/h16-20,28H,2-15H2,1H3,(H,24,29)/t16?,17-,18?,19+,20?,23-/m1/s1. The van der Waals surface area contributed by atoms with Crippen molar-refractivity contribution in [2.24, 2.45) is 23.2 Å². The largest absolute Gasteiger partial charge is 0.393 e. The molecule has 0 aromatic rings. The smallest absolute Gasteiger partial charge is 0.320 e. The van der Waals surface area contributed by atoms with E-state index in [0.717, 1.165) is 84.2 Å². The van der Waals surface area contributed by atoms with E-state index in [4.69, 9.17) is 0 Å². The van der Waals surface area contributed by atoms with E-state index in [1.165, 1.54) is 0 Å². The molecule has 2 saturated heterocycles. The first kappa shape index (κ1) is 20.6. The van der Waals surface area contributed by atoms with Crippen LogP contribution in [0.5, 0.6) is 0 Å². The zero-order valence-electron chi connectivity index (χ0n) is 18.4. The van der Waals surface area contributed by atoms with Crippen LogP contribution in [0.2, 0.25) is 0 Å². The van der Waals surface area contributed by atoms with Gasteiger partial charge in [0.05, 0.1) is 11.5 Å². The van der Waals surface area contributed by atoms with Crippen LogP contribution in [-0.4, -0.2) is 89.7 Å². The van der Waals surface area contributed by atoms with Crippen LogP contribution >= 0.6 is 0 Å². The Bertz CT molecular complexity index is 661. The van der Waals surface area contributed by atoms with Crippen molar-refractivity contribution in [2.75, 3.05) is 45.8 Å². The minimum absolute atomic E-state index is 0.0602. The molecule has 6 aliphatic rings. The molecule has 7 heteroatoms. The minimum Gasteiger partial charge on any atom is -0.393 e. The van der Waals surface area contributed by atoms with E-state index in [-0.39, 0.29) is 29.5 Å². The van der Waals surface area contributed by atoms with Crippen molar-refractivity contribution in [3.8, 4) is 0 Å². The molecule has 4 bridgehead atoms. The molecule has 0 spiro atoms. The van der Waals surface area contributed by atoms with Gasteiger partial charge in [-0.05, 0) is 69.2 Å². The van der Waals surface area contributed by atoms with Crippen molar-refractivity contribution in [1.82, 2.24) is 20.0 Å². The van der Waals surface area contributed by atoms with Crippen LogP contribution in [0.1, 0.15) is 51.9 Å². The molecule has 168 valence electrons. The van der Waals surface area contributed by atoms with E-state index >= 15 is 0 Å². The number of hydrogen-bond acceptors (Lipinski definition) is 4. The molecule has 6 rings (SSSR count). The van der Waals surface area contributed by atoms with Crippen molar-refractivity contribution >= 4 is 11.9 Å². The molecule has 6 atom stereocenters. The van der Waals surface area contributed by atoms with Crippen molar-refractivity contribution in [2.45, 2.75) is 64.0 Å². The van der Waals surface area contributed by atoms with Crippen LogP contribution in [0.4, 0.5) is 4.79 Å². The van der Waals surface area contributed by atoms with Gasteiger partial charge in [-0.2, -0.15) is 0 Å². The van der Waals surface area contributed by atoms with Crippen LogP contribution < -0.4 is 5.32 Å². The van der Waals surface area contributed by atoms with E-state index in [0.29, 0.717) is 24.3 Å². The van der Waals surface area contributed by atoms with E-state index in [1.54, 1.807) is 0 Å². The van der Waals surface area contributed by atoms with Crippen molar-refractivity contribution in [3.05, 3.63) is 0 Å². The maximum Gasteiger partial charge on any atom is 0.320 e. The summed E-state index contributed by atoms with van der Waals surface area (Å²) in [6.45, 7) is 8.14. The predicted octanol–water partition coefficient (Wildman–Crippen LogP) is 1.51. The second-order valence-corrected chi connectivity index (χ2v) is 10.7. The molecular formula is C23H38N4O3. The van der Waals surface area contributed by atoms with Gasteiger partial charge in [0.2, 0.25) is 5.91 Å². The normalized spacial score (nSPS) is 41.2. The Kier molecular flexibility index (Phi) is 5.46. The Morgan fingerprint density at radius 2 is 1.70 bits per heavy atom. The monoisotopic (exact) mass is 418 g/mol. The van der Waals surface area contributed by atoms with Crippen LogP contribution in [0.25, 0.3) is 0 Å². The lowest BCUT2D eigenvalue weighted by molar-refractivity contribution is -0.163. The topological polar surface area (TPSA) is 76.1 Å². The third-order valence-corrected chi connectivity index (χ3v) is 8.82. The minimum atomic E-state index is -0.265. The number of piperidine rings is 1. The summed E-state index contributed by atoms with van der Waals surface area (Å²) >= 11 is 0. The molecule has 3 unspecified atom stereocenters. The summed E-state index contributed by atoms with van der Waals surface area (Å²) in [6.07, 6.45) is 6.61. The molecule has 0 aromatic heterocycles. The van der Waals surface area contributed by atoms with Gasteiger partial charge in [0.25, 0.3) is 0 Å². The van der Waals surface area contributed by atoms with Crippen molar-refractivity contribution < 1.29 is 14.7 Å². The molecule has 0 aromatic carbocycles. The molecule has 4 saturated carbocycles. The first-order chi connectivity index (χ1) is 14.5. The van der Waals surface area contributed by atoms with E-state index in [1.807, 2.05) is 9.80 Å². The highest BCUT2D eigenvalue weighted by Crippen LogP contribution is 2.60. The van der Waals surface area contributed by atoms with Gasteiger partial charge in [0.1, 0.15) is 0 Å². The highest BCUT2D eigenvalue weighted by atomic mass is 16.3. The fourth-order valence-corrected chi connectivity index (χ4v) is 7.34. The van der Waals surface area contributed by atoms with Gasteiger partial charge in [0.15, 0.2) is 0 Å². The Morgan fingerprint density at radius 1 is 1.00 bits per heavy atom. The van der Waals surface area contributed by atoms with Gasteiger partial charge in [0, 0.05) is 45.3 Å². The maximum atomic E-state index is 13.4. The molecule has 30 heavy (non-hydrogen) atoms. The van der Waals surface area contributed by atoms with Gasteiger partial charge in [-0.1, -0.05) is 6.92 Å². The highest BCUT2D eigenvalue weighted by molar-refractivity contribution is 5.83. The van der Waals surface area contributed by atoms with Gasteiger partial charge >= 0.3 is 6.03 Å². The van der Waals surface area contributed by atoms with Crippen molar-refractivity contribution in [3.63, 3.8) is 0 Å². The van der Waals surface area contributed by atoms with E-state index in [2.05, 4.69) is 17.1 Å². The number of urea groups is 1. The van der Waals surface area contributed by atoms with E-state index in [9.17, 15) is 14.7 Å². The molecule has 6 fully saturated rings. The third kappa shape index (κ3) is 3.62. The Morgan fingerprint density at radius 3 is 2.37 bits per heavy atom. The molecule has 2 aliphatic heterocycles. The summed E-state index contributed by atoms with van der Waals surface area (Å²) in [7, 11) is 0. The third-order valence-electron chi connectivity index (χ3n) is 8.82. The van der Waals surface area contributed by atoms with E-state index < -0.39 is 0 Å². The molecule has 4 aliphatic carbocycles. The van der Waals surface area contributed by atoms with Gasteiger partial charge in [-0.25, -0.2) is 4.79 Å². The number of carbonyl (C=O) groups is 2. The summed E-state index contributed by atoms with van der Waals surface area (Å²) < 4.78 is 0. The summed E-state index contributed by atoms with van der Waals surface area (Å²) in [5.41, 5.74) is -0.265. The van der Waals surface area contributed by atoms with Crippen molar-refractivity contribution in [1.29, 1.82) is 0 Å². The number of piperazine rings is 1. The number of hydrogen-bond donors (Lipinski definition) is 2. The lowest BCUT2D eigenvalue weighted by Crippen LogP contribution is -2.61. The molecular weight excluding hydrogens is 380 g/mol. The second kappa shape index (κ2) is 7.97. The zero-order chi connectivity index (χ0) is 20.9. The molecule has 3 amide bonds. The number of likely N-dealkylation sites (tertiary alicyclic amines) is 1. The average Bonchev–Trinajstić information content (AvgIpc) is 2.76. The Balaban J connectivity index is 1.18. The summed E-state index contributed by atoms with van der Waals surface area (Å²) in [5, 5.41) is 13.9. The summed E-state index contributed by atoms with van der Waals surface area (Å²) in [4.78, 5) is 32.8. The molecule has 0 radical (unpaired) electrons. The van der Waals surface area contributed by atoms with Gasteiger partial charge in [-0.15, -0.1) is 0 Å². The maximum absolute atomic E-state index is 13.4. The number of aliphatic hydroxyl groups excluding tert-OH is 1. The Hall–Kier alpha value is -1.34. The van der Waals surface area contributed by atoms with Gasteiger partial charge in [-0.3, -0.25) is 4.79 Å². The zero-order valence-corrected chi connectivity index (χ0v) is 18.4. The quantitative estimate of drug-likeness (QED) is 0.729. The van der Waals surface area contributed by atoms with Crippen LogP contribution in [0.3, 0.4) is 0 Å². The fraction of sp³-hybridized carbons (Fsp3) is 0.913. The lowest BCUT2D eigenvalue weighted by Gasteiger charge is -2.58. The lowest BCUT2D eigenvalue weighted by atomic mass is 9.48. The van der Waals surface area contributed by atoms with Crippen LogP contribution in [0.15, 0.2) is 0 Å². The second-order valence-electron chi connectivity index (χ2n) is 10.7. The first-order valence-electron chi connectivity index (χ1n) is 12.2. The summed E-state index contributed by atoms with van der Waals surface area (Å²) in [5.74, 6) is 1.44. The summed E-state index contributed by atoms with van der Waals surface area (Å²) in [6, 6.07) is 0.202. The number of nitrogens with zero attached hydrogens (tertiary/aromatic N) is 3. The fourth-order valence-electron chi connectivity index (χ4n) is 7.34. The molecule has 7 nitrogen and oxygen atoms in total. The number of rotatable bonds is 3. The first-order valence-corrected chi connectivity index (χ1v) is 12.2. The number of likely N-dealkylation sites (N-methyl/N-ethyl adjacent to an activating group) is 1. The number of aliphatic hydroxyl groups is 1. The predicted molar refractivity (Wildman–Crippen MR) is 114 cm³/mol. The van der Waals surface area contributed by atoms with Crippen LogP contribution in [-0.2, 0) is 4.79 Å².